The van der Waals surface area contributed by atoms with Crippen LogP contribution in [-0.2, 0) is 14.3 Å². The van der Waals surface area contributed by atoms with Crippen molar-refractivity contribution in [3.8, 4) is 0 Å². The van der Waals surface area contributed by atoms with E-state index in [2.05, 4.69) is 12.2 Å². The Morgan fingerprint density at radius 1 is 1.50 bits per heavy atom. The lowest BCUT2D eigenvalue weighted by Crippen LogP contribution is -2.58. The van der Waals surface area contributed by atoms with E-state index in [1.165, 1.54) is 0 Å². The van der Waals surface area contributed by atoms with Gasteiger partial charge in [-0.15, -0.1) is 0 Å². The molecule has 1 N–H and O–H groups in total. The van der Waals surface area contributed by atoms with Crippen molar-refractivity contribution in [1.29, 1.82) is 0 Å². The second kappa shape index (κ2) is 5.99. The molecule has 1 unspecified atom stereocenters. The monoisotopic (exact) mass is 256 g/mol. The number of morpholine rings is 1. The van der Waals surface area contributed by atoms with E-state index in [1.807, 2.05) is 4.90 Å². The first-order valence-electron chi connectivity index (χ1n) is 6.88. The third-order valence-corrected chi connectivity index (χ3v) is 4.07. The molecule has 2 heterocycles. The molecule has 2 aliphatic rings. The smallest absolute Gasteiger partial charge is 0.255 e. The molecule has 0 spiro atoms. The number of piperidine rings is 1. The molecule has 2 saturated heterocycles. The van der Waals surface area contributed by atoms with E-state index < -0.39 is 5.60 Å². The fraction of sp³-hybridized carbons (Fsp3) is 0.923. The van der Waals surface area contributed by atoms with Crippen molar-refractivity contribution >= 4 is 5.91 Å². The van der Waals surface area contributed by atoms with Gasteiger partial charge in [0.15, 0.2) is 0 Å². The van der Waals surface area contributed by atoms with Crippen LogP contribution in [0.1, 0.15) is 26.2 Å². The lowest BCUT2D eigenvalue weighted by atomic mass is 9.90. The molecule has 18 heavy (non-hydrogen) atoms. The van der Waals surface area contributed by atoms with Gasteiger partial charge in [-0.1, -0.05) is 6.92 Å². The van der Waals surface area contributed by atoms with Gasteiger partial charge in [-0.05, 0) is 32.4 Å². The largest absolute Gasteiger partial charge is 0.375 e. The van der Waals surface area contributed by atoms with Crippen molar-refractivity contribution < 1.29 is 14.3 Å². The van der Waals surface area contributed by atoms with Gasteiger partial charge in [-0.3, -0.25) is 4.79 Å². The van der Waals surface area contributed by atoms with Gasteiger partial charge in [0.1, 0.15) is 5.60 Å². The van der Waals surface area contributed by atoms with Gasteiger partial charge in [0, 0.05) is 20.2 Å². The average Bonchev–Trinajstić information content (AvgIpc) is 2.47. The summed E-state index contributed by atoms with van der Waals surface area (Å²) in [7, 11) is 1.65. The topological polar surface area (TPSA) is 50.8 Å². The molecule has 0 aromatic carbocycles. The van der Waals surface area contributed by atoms with Crippen molar-refractivity contribution in [2.24, 2.45) is 0 Å². The summed E-state index contributed by atoms with van der Waals surface area (Å²) in [5, 5.41) is 3.28. The van der Waals surface area contributed by atoms with E-state index in [-0.39, 0.29) is 12.0 Å². The molecule has 5 nitrogen and oxygen atoms in total. The maximum absolute atomic E-state index is 12.7. The number of nitrogens with zero attached hydrogens (tertiary/aromatic N) is 1. The molecule has 1 atom stereocenters. The van der Waals surface area contributed by atoms with Gasteiger partial charge < -0.3 is 19.7 Å². The first-order valence-corrected chi connectivity index (χ1v) is 6.88. The van der Waals surface area contributed by atoms with Crippen LogP contribution in [0.15, 0.2) is 0 Å². The number of hydrogen-bond acceptors (Lipinski definition) is 4. The number of amides is 1. The highest BCUT2D eigenvalue weighted by Crippen LogP contribution is 2.26. The maximum atomic E-state index is 12.7. The van der Waals surface area contributed by atoms with Crippen molar-refractivity contribution in [1.82, 2.24) is 10.2 Å². The molecular formula is C13H24N2O3. The highest BCUT2D eigenvalue weighted by molar-refractivity contribution is 5.85. The summed E-state index contributed by atoms with van der Waals surface area (Å²) in [6, 6.07) is 0. The predicted molar refractivity (Wildman–Crippen MR) is 68.5 cm³/mol. The fourth-order valence-electron chi connectivity index (χ4n) is 2.77. The SMILES string of the molecule is CCC1CN(C(=O)C2(OC)CCNCC2)CCO1. The van der Waals surface area contributed by atoms with E-state index in [9.17, 15) is 4.79 Å². The maximum Gasteiger partial charge on any atom is 0.255 e. The van der Waals surface area contributed by atoms with Crippen LogP contribution in [0, 0.1) is 0 Å². The molecule has 0 aromatic heterocycles. The third kappa shape index (κ3) is 2.68. The number of ether oxygens (including phenoxy) is 2. The summed E-state index contributed by atoms with van der Waals surface area (Å²) in [6.45, 7) is 5.82. The quantitative estimate of drug-likeness (QED) is 0.794. The highest BCUT2D eigenvalue weighted by Gasteiger charge is 2.43. The Hall–Kier alpha value is -0.650. The van der Waals surface area contributed by atoms with E-state index in [1.54, 1.807) is 7.11 Å². The Labute approximate surface area is 109 Å². The zero-order valence-electron chi connectivity index (χ0n) is 11.4. The van der Waals surface area contributed by atoms with Crippen LogP contribution in [-0.4, -0.2) is 62.4 Å². The van der Waals surface area contributed by atoms with E-state index >= 15 is 0 Å². The minimum Gasteiger partial charge on any atom is -0.375 e. The Morgan fingerprint density at radius 3 is 2.83 bits per heavy atom. The first-order chi connectivity index (χ1) is 8.72. The second-order valence-corrected chi connectivity index (χ2v) is 5.10. The van der Waals surface area contributed by atoms with Gasteiger partial charge in [0.2, 0.25) is 0 Å². The Kier molecular flexibility index (Phi) is 4.59. The lowest BCUT2D eigenvalue weighted by molar-refractivity contribution is -0.165. The molecule has 5 heteroatoms. The van der Waals surface area contributed by atoms with E-state index in [0.29, 0.717) is 19.7 Å². The third-order valence-electron chi connectivity index (χ3n) is 4.07. The van der Waals surface area contributed by atoms with Crippen molar-refractivity contribution in [3.05, 3.63) is 0 Å². The lowest BCUT2D eigenvalue weighted by Gasteiger charge is -2.41. The first kappa shape index (κ1) is 13.8. The number of methoxy groups -OCH3 is 1. The van der Waals surface area contributed by atoms with Gasteiger partial charge in [0.25, 0.3) is 5.91 Å². The van der Waals surface area contributed by atoms with Crippen LogP contribution in [0.3, 0.4) is 0 Å². The van der Waals surface area contributed by atoms with Gasteiger partial charge >= 0.3 is 0 Å². The number of rotatable bonds is 3. The zero-order valence-corrected chi connectivity index (χ0v) is 11.4. The molecule has 1 amide bonds. The normalized spacial score (nSPS) is 28.1. The fourth-order valence-corrected chi connectivity index (χ4v) is 2.77. The van der Waals surface area contributed by atoms with Crippen molar-refractivity contribution in [2.45, 2.75) is 37.9 Å². The zero-order chi connectivity index (χ0) is 13.0. The second-order valence-electron chi connectivity index (χ2n) is 5.10. The molecule has 2 fully saturated rings. The van der Waals surface area contributed by atoms with Crippen LogP contribution < -0.4 is 5.32 Å². The Morgan fingerprint density at radius 2 is 2.22 bits per heavy atom. The van der Waals surface area contributed by atoms with Crippen molar-refractivity contribution in [2.75, 3.05) is 39.9 Å². The predicted octanol–water partition coefficient (Wildman–Crippen LogP) is 0.392. The molecule has 2 rings (SSSR count). The Bertz CT molecular complexity index is 290. The number of nitrogens with one attached hydrogen (secondary N) is 1. The van der Waals surface area contributed by atoms with Crippen molar-refractivity contribution in [3.63, 3.8) is 0 Å². The summed E-state index contributed by atoms with van der Waals surface area (Å²) < 4.78 is 11.2. The molecule has 0 radical (unpaired) electrons. The minimum absolute atomic E-state index is 0.147. The van der Waals surface area contributed by atoms with E-state index in [4.69, 9.17) is 9.47 Å². The highest BCUT2D eigenvalue weighted by atomic mass is 16.5. The van der Waals surface area contributed by atoms with Crippen LogP contribution in [0.25, 0.3) is 0 Å². The summed E-state index contributed by atoms with van der Waals surface area (Å²) in [6.07, 6.45) is 2.65. The molecule has 0 aromatic rings. The Balaban J connectivity index is 2.04. The standard InChI is InChI=1S/C13H24N2O3/c1-3-11-10-15(8-9-18-11)12(16)13(17-2)4-6-14-7-5-13/h11,14H,3-10H2,1-2H3. The number of hydrogen-bond donors (Lipinski definition) is 1. The average molecular weight is 256 g/mol. The minimum atomic E-state index is -0.610. The van der Waals surface area contributed by atoms with E-state index in [0.717, 1.165) is 32.4 Å². The van der Waals surface area contributed by atoms with Gasteiger partial charge in [-0.25, -0.2) is 0 Å². The van der Waals surface area contributed by atoms with Crippen LogP contribution in [0.5, 0.6) is 0 Å². The molecule has 2 aliphatic heterocycles. The molecule has 0 aliphatic carbocycles. The van der Waals surface area contributed by atoms with Gasteiger partial charge in [0.05, 0.1) is 12.7 Å². The summed E-state index contributed by atoms with van der Waals surface area (Å²) >= 11 is 0. The molecule has 104 valence electrons. The number of carbonyl (C=O) groups excluding carboxylic acids is 1. The molecule has 0 bridgehead atoms. The summed E-state index contributed by atoms with van der Waals surface area (Å²) in [5.74, 6) is 0.147. The van der Waals surface area contributed by atoms with Crippen LogP contribution >= 0.6 is 0 Å². The summed E-state index contributed by atoms with van der Waals surface area (Å²) in [4.78, 5) is 14.6. The summed E-state index contributed by atoms with van der Waals surface area (Å²) in [5.41, 5.74) is -0.610. The van der Waals surface area contributed by atoms with Crippen LogP contribution in [0.2, 0.25) is 0 Å². The molecule has 0 saturated carbocycles. The number of carbonyl (C=O) groups is 1. The van der Waals surface area contributed by atoms with Crippen LogP contribution in [0.4, 0.5) is 0 Å². The molecular weight excluding hydrogens is 232 g/mol. The van der Waals surface area contributed by atoms with Gasteiger partial charge in [-0.2, -0.15) is 0 Å².